The molecule has 0 unspecified atom stereocenters. The molecule has 0 spiro atoms. The quantitative estimate of drug-likeness (QED) is 0.296. The fourth-order valence-corrected chi connectivity index (χ4v) is 5.47. The fraction of sp³-hybridized carbons (Fsp3) is 0.528. The van der Waals surface area contributed by atoms with Crippen LogP contribution in [-0.2, 0) is 48.1 Å². The number of ketones is 1. The summed E-state index contributed by atoms with van der Waals surface area (Å²) < 4.78 is 5.40. The SMILES string of the molecule is C[C@H](CC(=O)[C@H](CC(=O)N1CCCC[C@@H]1C)NC(=O)CCc1ccccc1)C(=O)NCc1cccc(CC(=O)OC(C)(C)C)c1. The lowest BCUT2D eigenvalue weighted by Crippen LogP contribution is -2.48. The molecule has 9 nitrogen and oxygen atoms in total. The Hall–Kier alpha value is -4.01. The Morgan fingerprint density at radius 3 is 2.31 bits per heavy atom. The van der Waals surface area contributed by atoms with Crippen molar-refractivity contribution < 1.29 is 28.7 Å². The predicted molar refractivity (Wildman–Crippen MR) is 173 cm³/mol. The van der Waals surface area contributed by atoms with Gasteiger partial charge in [0.1, 0.15) is 5.60 Å². The zero-order valence-electron chi connectivity index (χ0n) is 27.4. The second-order valence-electron chi connectivity index (χ2n) is 13.1. The van der Waals surface area contributed by atoms with E-state index < -0.39 is 17.6 Å². The zero-order chi connectivity index (χ0) is 33.0. The van der Waals surface area contributed by atoms with Crippen molar-refractivity contribution in [2.24, 2.45) is 5.92 Å². The Balaban J connectivity index is 1.58. The molecular weight excluding hydrogens is 570 g/mol. The van der Waals surface area contributed by atoms with E-state index >= 15 is 0 Å². The topological polar surface area (TPSA) is 122 Å². The lowest BCUT2D eigenvalue weighted by molar-refractivity contribution is -0.154. The third-order valence-corrected chi connectivity index (χ3v) is 7.89. The molecule has 0 saturated carbocycles. The number of hydrogen-bond acceptors (Lipinski definition) is 6. The van der Waals surface area contributed by atoms with Crippen LogP contribution in [0.4, 0.5) is 0 Å². The molecule has 0 aliphatic carbocycles. The van der Waals surface area contributed by atoms with Gasteiger partial charge in [-0.1, -0.05) is 61.5 Å². The van der Waals surface area contributed by atoms with Crippen LogP contribution in [0.5, 0.6) is 0 Å². The van der Waals surface area contributed by atoms with Crippen molar-refractivity contribution in [2.45, 2.75) is 110 Å². The summed E-state index contributed by atoms with van der Waals surface area (Å²) in [6, 6.07) is 16.0. The van der Waals surface area contributed by atoms with E-state index in [0.29, 0.717) is 13.0 Å². The molecule has 1 heterocycles. The number of rotatable bonds is 14. The molecule has 3 atom stereocenters. The smallest absolute Gasteiger partial charge is 0.310 e. The van der Waals surface area contributed by atoms with Crippen LogP contribution in [0.3, 0.4) is 0 Å². The summed E-state index contributed by atoms with van der Waals surface area (Å²) in [6.07, 6.45) is 3.47. The van der Waals surface area contributed by atoms with Crippen LogP contribution >= 0.6 is 0 Å². The minimum absolute atomic E-state index is 0.0862. The molecule has 1 saturated heterocycles. The lowest BCUT2D eigenvalue weighted by atomic mass is 9.95. The zero-order valence-corrected chi connectivity index (χ0v) is 27.4. The van der Waals surface area contributed by atoms with Crippen LogP contribution in [-0.4, -0.2) is 58.6 Å². The predicted octanol–water partition coefficient (Wildman–Crippen LogP) is 4.69. The molecule has 3 amide bonds. The van der Waals surface area contributed by atoms with E-state index in [1.807, 2.05) is 82.3 Å². The van der Waals surface area contributed by atoms with Crippen molar-refractivity contribution in [1.82, 2.24) is 15.5 Å². The number of nitrogens with zero attached hydrogens (tertiary/aromatic N) is 1. The number of amides is 3. The number of Topliss-reactive ketones (excluding diaryl/α,β-unsaturated/α-hetero) is 1. The van der Waals surface area contributed by atoms with Gasteiger partial charge < -0.3 is 20.3 Å². The first-order chi connectivity index (χ1) is 21.3. The Labute approximate surface area is 267 Å². The van der Waals surface area contributed by atoms with E-state index in [-0.39, 0.29) is 67.7 Å². The molecule has 3 rings (SSSR count). The van der Waals surface area contributed by atoms with E-state index in [0.717, 1.165) is 36.0 Å². The molecule has 9 heteroatoms. The first-order valence-electron chi connectivity index (χ1n) is 16.0. The van der Waals surface area contributed by atoms with Crippen molar-refractivity contribution in [3.63, 3.8) is 0 Å². The molecule has 2 N–H and O–H groups in total. The van der Waals surface area contributed by atoms with Crippen LogP contribution in [0.15, 0.2) is 54.6 Å². The number of ether oxygens (including phenoxy) is 1. The van der Waals surface area contributed by atoms with E-state index in [1.54, 1.807) is 11.8 Å². The van der Waals surface area contributed by atoms with Gasteiger partial charge in [-0.05, 0) is 70.1 Å². The van der Waals surface area contributed by atoms with Crippen LogP contribution in [0.2, 0.25) is 0 Å². The van der Waals surface area contributed by atoms with Gasteiger partial charge in [-0.25, -0.2) is 0 Å². The van der Waals surface area contributed by atoms with Gasteiger partial charge in [-0.15, -0.1) is 0 Å². The minimum atomic E-state index is -1.00. The van der Waals surface area contributed by atoms with Crippen LogP contribution in [0.25, 0.3) is 0 Å². The third-order valence-electron chi connectivity index (χ3n) is 7.89. The number of benzene rings is 2. The van der Waals surface area contributed by atoms with E-state index in [4.69, 9.17) is 4.74 Å². The second-order valence-corrected chi connectivity index (χ2v) is 13.1. The number of carbonyl (C=O) groups is 5. The lowest BCUT2D eigenvalue weighted by Gasteiger charge is -2.34. The van der Waals surface area contributed by atoms with Gasteiger partial charge in [0.15, 0.2) is 5.78 Å². The average Bonchev–Trinajstić information content (AvgIpc) is 2.98. The van der Waals surface area contributed by atoms with Crippen molar-refractivity contribution in [3.8, 4) is 0 Å². The highest BCUT2D eigenvalue weighted by Gasteiger charge is 2.31. The Morgan fingerprint density at radius 2 is 1.62 bits per heavy atom. The molecule has 1 aliphatic heterocycles. The van der Waals surface area contributed by atoms with Crippen molar-refractivity contribution in [3.05, 3.63) is 71.3 Å². The standard InChI is InChI=1S/C36H49N3O6/c1-25(35(44)37-24-29-16-11-15-28(21-29)22-34(43)45-36(3,4)5)20-31(40)30(23-33(42)39-19-10-9-12-26(39)2)38-32(41)18-17-27-13-7-6-8-14-27/h6-8,11,13-16,21,25-26,30H,9-10,12,17-20,22-24H2,1-5H3,(H,37,44)(H,38,41)/t25-,26+,30+/m1/s1. The first kappa shape index (κ1) is 35.5. The molecule has 0 radical (unpaired) electrons. The summed E-state index contributed by atoms with van der Waals surface area (Å²) in [5.74, 6) is -2.12. The maximum absolute atomic E-state index is 13.5. The Bertz CT molecular complexity index is 1320. The highest BCUT2D eigenvalue weighted by atomic mass is 16.6. The summed E-state index contributed by atoms with van der Waals surface area (Å²) in [5.41, 5.74) is 2.03. The summed E-state index contributed by atoms with van der Waals surface area (Å²) in [5, 5.41) is 5.67. The summed E-state index contributed by atoms with van der Waals surface area (Å²) in [4.78, 5) is 66.6. The van der Waals surface area contributed by atoms with Gasteiger partial charge in [0, 0.05) is 37.9 Å². The number of hydrogen-bond donors (Lipinski definition) is 2. The van der Waals surface area contributed by atoms with Crippen LogP contribution in [0, 0.1) is 5.92 Å². The van der Waals surface area contributed by atoms with Crippen molar-refractivity contribution >= 4 is 29.5 Å². The molecule has 1 aliphatic rings. The first-order valence-corrected chi connectivity index (χ1v) is 16.0. The number of likely N-dealkylation sites (tertiary alicyclic amines) is 1. The molecule has 2 aromatic carbocycles. The monoisotopic (exact) mass is 619 g/mol. The molecule has 0 bridgehead atoms. The molecule has 2 aromatic rings. The summed E-state index contributed by atoms with van der Waals surface area (Å²) >= 11 is 0. The summed E-state index contributed by atoms with van der Waals surface area (Å²) in [6.45, 7) is 9.99. The largest absolute Gasteiger partial charge is 0.460 e. The van der Waals surface area contributed by atoms with E-state index in [9.17, 15) is 24.0 Å². The molecule has 244 valence electrons. The second kappa shape index (κ2) is 16.9. The molecule has 45 heavy (non-hydrogen) atoms. The number of piperidine rings is 1. The highest BCUT2D eigenvalue weighted by molar-refractivity contribution is 5.95. The van der Waals surface area contributed by atoms with Crippen LogP contribution in [0.1, 0.15) is 89.8 Å². The normalized spacial score (nSPS) is 16.3. The molecular formula is C36H49N3O6. The summed E-state index contributed by atoms with van der Waals surface area (Å²) in [7, 11) is 0. The average molecular weight is 620 g/mol. The van der Waals surface area contributed by atoms with E-state index in [2.05, 4.69) is 10.6 Å². The Kier molecular flexibility index (Phi) is 13.3. The molecule has 1 fully saturated rings. The van der Waals surface area contributed by atoms with Crippen LogP contribution < -0.4 is 10.6 Å². The van der Waals surface area contributed by atoms with E-state index in [1.165, 1.54) is 0 Å². The fourth-order valence-electron chi connectivity index (χ4n) is 5.47. The van der Waals surface area contributed by atoms with Crippen molar-refractivity contribution in [1.29, 1.82) is 0 Å². The molecule has 0 aromatic heterocycles. The number of esters is 1. The maximum atomic E-state index is 13.5. The van der Waals surface area contributed by atoms with Gasteiger partial charge in [-0.2, -0.15) is 0 Å². The van der Waals surface area contributed by atoms with Gasteiger partial charge >= 0.3 is 5.97 Å². The van der Waals surface area contributed by atoms with Gasteiger partial charge in [0.2, 0.25) is 17.7 Å². The van der Waals surface area contributed by atoms with Gasteiger partial charge in [0.05, 0.1) is 18.9 Å². The van der Waals surface area contributed by atoms with Gasteiger partial charge in [0.25, 0.3) is 0 Å². The number of nitrogens with one attached hydrogen (secondary N) is 2. The minimum Gasteiger partial charge on any atom is -0.460 e. The van der Waals surface area contributed by atoms with Crippen molar-refractivity contribution in [2.75, 3.05) is 6.54 Å². The van der Waals surface area contributed by atoms with Gasteiger partial charge in [-0.3, -0.25) is 24.0 Å². The third kappa shape index (κ3) is 12.5. The Morgan fingerprint density at radius 1 is 0.933 bits per heavy atom. The number of aryl methyl sites for hydroxylation is 1. The maximum Gasteiger partial charge on any atom is 0.310 e. The number of carbonyl (C=O) groups excluding carboxylic acids is 5. The highest BCUT2D eigenvalue weighted by Crippen LogP contribution is 2.19.